The summed E-state index contributed by atoms with van der Waals surface area (Å²) in [6, 6.07) is 21.0. The van der Waals surface area contributed by atoms with E-state index in [-0.39, 0.29) is 11.8 Å². The molecule has 4 nitrogen and oxygen atoms in total. The molecule has 0 heterocycles. The number of hydrogen-bond acceptors (Lipinski definition) is 2. The van der Waals surface area contributed by atoms with Crippen LogP contribution in [0.15, 0.2) is 72.8 Å². The summed E-state index contributed by atoms with van der Waals surface area (Å²) in [4.78, 5) is 24.9. The number of carbonyl (C=O) groups is 2. The van der Waals surface area contributed by atoms with Crippen LogP contribution in [0, 0.1) is 6.92 Å². The molecule has 130 valence electrons. The van der Waals surface area contributed by atoms with Crippen LogP contribution in [0.3, 0.4) is 0 Å². The molecule has 2 amide bonds. The molecule has 0 saturated carbocycles. The van der Waals surface area contributed by atoms with Gasteiger partial charge in [-0.25, -0.2) is 0 Å². The number of carbonyl (C=O) groups excluding carboxylic acids is 2. The zero-order chi connectivity index (χ0) is 18.5. The number of rotatable bonds is 4. The molecule has 0 aliphatic carbocycles. The predicted molar refractivity (Wildman–Crippen MR) is 105 cm³/mol. The minimum atomic E-state index is -0.330. The van der Waals surface area contributed by atoms with E-state index in [1.54, 1.807) is 48.5 Å². The summed E-state index contributed by atoms with van der Waals surface area (Å²) in [6.07, 6.45) is 0. The number of para-hydroxylation sites is 1. The van der Waals surface area contributed by atoms with E-state index in [1.807, 2.05) is 31.2 Å². The molecule has 3 aromatic rings. The van der Waals surface area contributed by atoms with Crippen LogP contribution in [0.2, 0.25) is 5.02 Å². The van der Waals surface area contributed by atoms with Crippen LogP contribution in [0.25, 0.3) is 0 Å². The standard InChI is InChI=1S/C21H17ClN2O2/c1-14-9-11-17(12-10-14)23-20(25)15-5-4-6-16(13-15)21(26)24-19-8-3-2-7-18(19)22/h2-13H,1H3,(H,23,25)(H,24,26). The highest BCUT2D eigenvalue weighted by Crippen LogP contribution is 2.21. The Morgan fingerprint density at radius 2 is 1.38 bits per heavy atom. The van der Waals surface area contributed by atoms with Gasteiger partial charge in [-0.15, -0.1) is 0 Å². The number of anilines is 2. The second-order valence-electron chi connectivity index (χ2n) is 5.83. The quantitative estimate of drug-likeness (QED) is 0.672. The molecule has 0 spiro atoms. The molecule has 0 aliphatic rings. The lowest BCUT2D eigenvalue weighted by atomic mass is 10.1. The van der Waals surface area contributed by atoms with Gasteiger partial charge >= 0.3 is 0 Å². The SMILES string of the molecule is Cc1ccc(NC(=O)c2cccc(C(=O)Nc3ccccc3Cl)c2)cc1. The molecule has 0 unspecified atom stereocenters. The fourth-order valence-corrected chi connectivity index (χ4v) is 2.58. The van der Waals surface area contributed by atoms with Crippen molar-refractivity contribution in [2.24, 2.45) is 0 Å². The van der Waals surface area contributed by atoms with Crippen molar-refractivity contribution in [2.75, 3.05) is 10.6 Å². The lowest BCUT2D eigenvalue weighted by Crippen LogP contribution is -2.15. The Bertz CT molecular complexity index is 952. The molecular weight excluding hydrogens is 348 g/mol. The number of nitrogens with one attached hydrogen (secondary N) is 2. The fraction of sp³-hybridized carbons (Fsp3) is 0.0476. The lowest BCUT2D eigenvalue weighted by Gasteiger charge is -2.09. The summed E-state index contributed by atoms with van der Waals surface area (Å²) >= 11 is 6.06. The minimum Gasteiger partial charge on any atom is -0.322 e. The van der Waals surface area contributed by atoms with Crippen LogP contribution in [-0.4, -0.2) is 11.8 Å². The van der Waals surface area contributed by atoms with Gasteiger partial charge in [-0.1, -0.05) is 47.5 Å². The average molecular weight is 365 g/mol. The van der Waals surface area contributed by atoms with Crippen molar-refractivity contribution >= 4 is 34.8 Å². The van der Waals surface area contributed by atoms with E-state index in [9.17, 15) is 9.59 Å². The van der Waals surface area contributed by atoms with E-state index in [0.717, 1.165) is 5.56 Å². The monoisotopic (exact) mass is 364 g/mol. The van der Waals surface area contributed by atoms with Gasteiger partial charge in [0.05, 0.1) is 10.7 Å². The summed E-state index contributed by atoms with van der Waals surface area (Å²) in [5.41, 5.74) is 3.11. The summed E-state index contributed by atoms with van der Waals surface area (Å²) in [6.45, 7) is 1.98. The van der Waals surface area contributed by atoms with Crippen LogP contribution in [0.5, 0.6) is 0 Å². The van der Waals surface area contributed by atoms with Gasteiger partial charge in [0.15, 0.2) is 0 Å². The van der Waals surface area contributed by atoms with Crippen molar-refractivity contribution in [1.82, 2.24) is 0 Å². The van der Waals surface area contributed by atoms with E-state index in [1.165, 1.54) is 0 Å². The zero-order valence-electron chi connectivity index (χ0n) is 14.1. The molecule has 0 radical (unpaired) electrons. The van der Waals surface area contributed by atoms with Crippen molar-refractivity contribution in [3.63, 3.8) is 0 Å². The maximum atomic E-state index is 12.4. The Balaban J connectivity index is 1.75. The third kappa shape index (κ3) is 4.29. The Kier molecular flexibility index (Phi) is 5.34. The molecule has 0 fully saturated rings. The molecule has 5 heteroatoms. The molecular formula is C21H17ClN2O2. The molecule has 0 aromatic heterocycles. The van der Waals surface area contributed by atoms with E-state index in [0.29, 0.717) is 27.5 Å². The van der Waals surface area contributed by atoms with Gasteiger partial charge in [0.1, 0.15) is 0 Å². The van der Waals surface area contributed by atoms with Crippen LogP contribution in [-0.2, 0) is 0 Å². The first kappa shape index (κ1) is 17.7. The van der Waals surface area contributed by atoms with Crippen molar-refractivity contribution in [3.05, 3.63) is 94.5 Å². The zero-order valence-corrected chi connectivity index (χ0v) is 14.9. The van der Waals surface area contributed by atoms with Crippen LogP contribution in [0.4, 0.5) is 11.4 Å². The lowest BCUT2D eigenvalue weighted by molar-refractivity contribution is 0.102. The number of benzene rings is 3. The minimum absolute atomic E-state index is 0.277. The first-order chi connectivity index (χ1) is 12.5. The topological polar surface area (TPSA) is 58.2 Å². The summed E-state index contributed by atoms with van der Waals surface area (Å²) < 4.78 is 0. The molecule has 0 aliphatic heterocycles. The normalized spacial score (nSPS) is 10.2. The third-order valence-electron chi connectivity index (χ3n) is 3.82. The molecule has 0 atom stereocenters. The van der Waals surface area contributed by atoms with Crippen LogP contribution >= 0.6 is 11.6 Å². The molecule has 26 heavy (non-hydrogen) atoms. The molecule has 3 aromatic carbocycles. The van der Waals surface area contributed by atoms with E-state index >= 15 is 0 Å². The van der Waals surface area contributed by atoms with E-state index in [4.69, 9.17) is 11.6 Å². The summed E-state index contributed by atoms with van der Waals surface area (Å²) in [5.74, 6) is -0.607. The van der Waals surface area contributed by atoms with Gasteiger partial charge in [-0.05, 0) is 49.4 Å². The number of aryl methyl sites for hydroxylation is 1. The van der Waals surface area contributed by atoms with E-state index in [2.05, 4.69) is 10.6 Å². The van der Waals surface area contributed by atoms with Crippen LogP contribution < -0.4 is 10.6 Å². The van der Waals surface area contributed by atoms with E-state index < -0.39 is 0 Å². The first-order valence-corrected chi connectivity index (χ1v) is 8.45. The second-order valence-corrected chi connectivity index (χ2v) is 6.24. The van der Waals surface area contributed by atoms with Crippen molar-refractivity contribution in [1.29, 1.82) is 0 Å². The Morgan fingerprint density at radius 1 is 0.769 bits per heavy atom. The molecule has 0 saturated heterocycles. The number of amides is 2. The first-order valence-electron chi connectivity index (χ1n) is 8.07. The highest BCUT2D eigenvalue weighted by Gasteiger charge is 2.12. The Labute approximate surface area is 156 Å². The summed E-state index contributed by atoms with van der Waals surface area (Å²) in [5, 5.41) is 6.02. The highest BCUT2D eigenvalue weighted by atomic mass is 35.5. The number of halogens is 1. The average Bonchev–Trinajstić information content (AvgIpc) is 2.65. The van der Waals surface area contributed by atoms with Crippen molar-refractivity contribution in [2.45, 2.75) is 6.92 Å². The Morgan fingerprint density at radius 3 is 2.04 bits per heavy atom. The summed E-state index contributed by atoms with van der Waals surface area (Å²) in [7, 11) is 0. The maximum Gasteiger partial charge on any atom is 0.255 e. The van der Waals surface area contributed by atoms with Crippen molar-refractivity contribution in [3.8, 4) is 0 Å². The third-order valence-corrected chi connectivity index (χ3v) is 4.15. The smallest absolute Gasteiger partial charge is 0.255 e. The van der Waals surface area contributed by atoms with Gasteiger partial charge in [-0.2, -0.15) is 0 Å². The fourth-order valence-electron chi connectivity index (χ4n) is 2.40. The van der Waals surface area contributed by atoms with Gasteiger partial charge < -0.3 is 10.6 Å². The number of hydrogen-bond donors (Lipinski definition) is 2. The van der Waals surface area contributed by atoms with Gasteiger partial charge in [0.2, 0.25) is 0 Å². The molecule has 0 bridgehead atoms. The van der Waals surface area contributed by atoms with Gasteiger partial charge in [0, 0.05) is 16.8 Å². The predicted octanol–water partition coefficient (Wildman–Crippen LogP) is 5.15. The van der Waals surface area contributed by atoms with Gasteiger partial charge in [-0.3, -0.25) is 9.59 Å². The maximum absolute atomic E-state index is 12.4. The van der Waals surface area contributed by atoms with Crippen molar-refractivity contribution < 1.29 is 9.59 Å². The van der Waals surface area contributed by atoms with Crippen LogP contribution in [0.1, 0.15) is 26.3 Å². The Hall–Kier alpha value is -3.11. The molecule has 2 N–H and O–H groups in total. The highest BCUT2D eigenvalue weighted by molar-refractivity contribution is 6.33. The molecule has 3 rings (SSSR count). The largest absolute Gasteiger partial charge is 0.322 e. The second kappa shape index (κ2) is 7.85. The van der Waals surface area contributed by atoms with Gasteiger partial charge in [0.25, 0.3) is 11.8 Å².